The van der Waals surface area contributed by atoms with E-state index in [0.717, 1.165) is 12.0 Å². The van der Waals surface area contributed by atoms with Gasteiger partial charge in [0.15, 0.2) is 0 Å². The summed E-state index contributed by atoms with van der Waals surface area (Å²) in [5.74, 6) is 0.228. The predicted octanol–water partition coefficient (Wildman–Crippen LogP) is 4.32. The molecule has 1 aromatic carbocycles. The Labute approximate surface area is 182 Å². The molecule has 1 unspecified atom stereocenters. The third kappa shape index (κ3) is 6.49. The number of carbonyl (C=O) groups excluding carboxylic acids is 2. The summed E-state index contributed by atoms with van der Waals surface area (Å²) in [6, 6.07) is 5.00. The van der Waals surface area contributed by atoms with Gasteiger partial charge in [-0.05, 0) is 49.8 Å². The average Bonchev–Trinajstić information content (AvgIpc) is 2.66. The zero-order valence-electron chi connectivity index (χ0n) is 17.2. The van der Waals surface area contributed by atoms with Gasteiger partial charge in [-0.2, -0.15) is 0 Å². The van der Waals surface area contributed by atoms with Crippen molar-refractivity contribution in [3.8, 4) is 0 Å². The third-order valence-electron chi connectivity index (χ3n) is 5.09. The molecule has 0 bridgehead atoms. The number of halogens is 2. The van der Waals surface area contributed by atoms with Gasteiger partial charge in [0.05, 0.1) is 12.0 Å². The Balaban J connectivity index is 2.17. The summed E-state index contributed by atoms with van der Waals surface area (Å²) < 4.78 is 10.5. The Kier molecular flexibility index (Phi) is 9.05. The maximum absolute atomic E-state index is 13.4. The lowest BCUT2D eigenvalue weighted by molar-refractivity contribution is -0.130. The minimum atomic E-state index is -0.785. The van der Waals surface area contributed by atoms with Crippen molar-refractivity contribution in [1.82, 2.24) is 10.6 Å². The van der Waals surface area contributed by atoms with E-state index >= 15 is 0 Å². The van der Waals surface area contributed by atoms with E-state index in [1.807, 2.05) is 6.07 Å². The summed E-state index contributed by atoms with van der Waals surface area (Å²) in [4.78, 5) is 25.2. The summed E-state index contributed by atoms with van der Waals surface area (Å²) in [6.45, 7) is 7.44. The Morgan fingerprint density at radius 2 is 1.93 bits per heavy atom. The van der Waals surface area contributed by atoms with E-state index in [2.05, 4.69) is 24.5 Å². The molecule has 1 aliphatic rings. The van der Waals surface area contributed by atoms with Crippen LogP contribution in [0.5, 0.6) is 0 Å². The van der Waals surface area contributed by atoms with Crippen LogP contribution in [-0.2, 0) is 19.7 Å². The number of alkyl carbamates (subject to hydrolysis) is 1. The fraction of sp³-hybridized carbons (Fsp3) is 0.619. The molecular weight excluding hydrogens is 415 g/mol. The fourth-order valence-corrected chi connectivity index (χ4v) is 4.29. The van der Waals surface area contributed by atoms with E-state index in [0.29, 0.717) is 55.2 Å². The summed E-state index contributed by atoms with van der Waals surface area (Å²) in [5, 5.41) is 6.86. The van der Waals surface area contributed by atoms with Crippen LogP contribution in [0.15, 0.2) is 18.2 Å². The van der Waals surface area contributed by atoms with Crippen molar-refractivity contribution < 1.29 is 19.1 Å². The zero-order chi connectivity index (χ0) is 21.4. The van der Waals surface area contributed by atoms with Crippen molar-refractivity contribution in [2.45, 2.75) is 51.5 Å². The first kappa shape index (κ1) is 23.8. The molecule has 162 valence electrons. The SMILES string of the molecule is CCOC(=O)NC(CNC(=O)C1(c2ccc(Cl)cc2Cl)CCOCC1)CC(C)C. The first-order valence-corrected chi connectivity index (χ1v) is 10.8. The number of nitrogens with one attached hydrogen (secondary N) is 2. The highest BCUT2D eigenvalue weighted by Crippen LogP contribution is 2.39. The third-order valence-corrected chi connectivity index (χ3v) is 5.64. The van der Waals surface area contributed by atoms with Gasteiger partial charge in [0.2, 0.25) is 5.91 Å². The molecule has 1 heterocycles. The topological polar surface area (TPSA) is 76.7 Å². The summed E-state index contributed by atoms with van der Waals surface area (Å²) >= 11 is 12.5. The molecule has 2 N–H and O–H groups in total. The summed E-state index contributed by atoms with van der Waals surface area (Å²) in [6.07, 6.45) is 1.30. The number of amides is 2. The van der Waals surface area contributed by atoms with E-state index in [-0.39, 0.29) is 11.9 Å². The highest BCUT2D eigenvalue weighted by Gasteiger charge is 2.43. The zero-order valence-corrected chi connectivity index (χ0v) is 18.7. The molecule has 0 aromatic heterocycles. The van der Waals surface area contributed by atoms with Crippen LogP contribution >= 0.6 is 23.2 Å². The first-order chi connectivity index (χ1) is 13.8. The van der Waals surface area contributed by atoms with E-state index in [1.165, 1.54) is 0 Å². The normalized spacial score (nSPS) is 16.9. The second-order valence-corrected chi connectivity index (χ2v) is 8.56. The van der Waals surface area contributed by atoms with Gasteiger partial charge in [-0.1, -0.05) is 43.1 Å². The first-order valence-electron chi connectivity index (χ1n) is 10.0. The quantitative estimate of drug-likeness (QED) is 0.625. The molecule has 1 aliphatic heterocycles. The van der Waals surface area contributed by atoms with E-state index < -0.39 is 11.5 Å². The van der Waals surface area contributed by atoms with Gasteiger partial charge in [0.25, 0.3) is 0 Å². The van der Waals surface area contributed by atoms with Gasteiger partial charge in [0, 0.05) is 35.8 Å². The molecule has 1 fully saturated rings. The monoisotopic (exact) mass is 444 g/mol. The molecule has 6 nitrogen and oxygen atoms in total. The van der Waals surface area contributed by atoms with Crippen molar-refractivity contribution in [2.75, 3.05) is 26.4 Å². The molecule has 0 radical (unpaired) electrons. The van der Waals surface area contributed by atoms with Crippen molar-refractivity contribution in [3.05, 3.63) is 33.8 Å². The van der Waals surface area contributed by atoms with Crippen LogP contribution in [0.1, 0.15) is 45.6 Å². The molecule has 2 amide bonds. The van der Waals surface area contributed by atoms with Crippen LogP contribution in [0.2, 0.25) is 10.0 Å². The van der Waals surface area contributed by atoms with Crippen molar-refractivity contribution in [1.29, 1.82) is 0 Å². The molecule has 0 saturated carbocycles. The molecular formula is C21H30Cl2N2O4. The second kappa shape index (κ2) is 11.0. The van der Waals surface area contributed by atoms with Gasteiger partial charge in [-0.15, -0.1) is 0 Å². The van der Waals surface area contributed by atoms with Crippen LogP contribution in [0.3, 0.4) is 0 Å². The van der Waals surface area contributed by atoms with Gasteiger partial charge in [-0.3, -0.25) is 4.79 Å². The minimum absolute atomic E-state index is 0.121. The van der Waals surface area contributed by atoms with E-state index in [4.69, 9.17) is 32.7 Å². The fourth-order valence-electron chi connectivity index (χ4n) is 3.70. The standard InChI is InChI=1S/C21H30Cl2N2O4/c1-4-29-20(27)25-16(11-14(2)3)13-24-19(26)21(7-9-28-10-8-21)17-6-5-15(22)12-18(17)23/h5-6,12,14,16H,4,7-11,13H2,1-3H3,(H,24,26)(H,25,27). The van der Waals surface area contributed by atoms with Crippen LogP contribution in [0.4, 0.5) is 4.79 Å². The molecule has 0 spiro atoms. The Bertz CT molecular complexity index is 706. The van der Waals surface area contributed by atoms with Crippen molar-refractivity contribution >= 4 is 35.2 Å². The molecule has 2 rings (SSSR count). The average molecular weight is 445 g/mol. The van der Waals surface area contributed by atoms with Crippen LogP contribution in [0, 0.1) is 5.92 Å². The number of ether oxygens (including phenoxy) is 2. The largest absolute Gasteiger partial charge is 0.450 e. The van der Waals surface area contributed by atoms with Crippen LogP contribution < -0.4 is 10.6 Å². The van der Waals surface area contributed by atoms with Crippen molar-refractivity contribution in [2.24, 2.45) is 5.92 Å². The van der Waals surface area contributed by atoms with Gasteiger partial charge in [-0.25, -0.2) is 4.79 Å². The van der Waals surface area contributed by atoms with Crippen LogP contribution in [0.25, 0.3) is 0 Å². The predicted molar refractivity (Wildman–Crippen MR) is 115 cm³/mol. The Morgan fingerprint density at radius 1 is 1.24 bits per heavy atom. The summed E-state index contributed by atoms with van der Waals surface area (Å²) in [7, 11) is 0. The number of carbonyl (C=O) groups is 2. The highest BCUT2D eigenvalue weighted by molar-refractivity contribution is 6.35. The maximum atomic E-state index is 13.4. The highest BCUT2D eigenvalue weighted by atomic mass is 35.5. The molecule has 1 saturated heterocycles. The molecule has 29 heavy (non-hydrogen) atoms. The lowest BCUT2D eigenvalue weighted by atomic mass is 9.73. The lowest BCUT2D eigenvalue weighted by Crippen LogP contribution is -2.52. The summed E-state index contributed by atoms with van der Waals surface area (Å²) in [5.41, 5.74) is -0.0326. The Hall–Kier alpha value is -1.50. The number of rotatable bonds is 8. The number of benzene rings is 1. The van der Waals surface area contributed by atoms with Crippen molar-refractivity contribution in [3.63, 3.8) is 0 Å². The lowest BCUT2D eigenvalue weighted by Gasteiger charge is -2.37. The molecule has 1 aromatic rings. The van der Waals surface area contributed by atoms with Gasteiger partial charge in [0.1, 0.15) is 0 Å². The Morgan fingerprint density at radius 3 is 2.52 bits per heavy atom. The molecule has 8 heteroatoms. The van der Waals surface area contributed by atoms with Gasteiger partial charge < -0.3 is 20.1 Å². The second-order valence-electron chi connectivity index (χ2n) is 7.72. The smallest absolute Gasteiger partial charge is 0.407 e. The minimum Gasteiger partial charge on any atom is -0.450 e. The molecule has 1 atom stereocenters. The maximum Gasteiger partial charge on any atom is 0.407 e. The van der Waals surface area contributed by atoms with Crippen LogP contribution in [-0.4, -0.2) is 44.4 Å². The van der Waals surface area contributed by atoms with Gasteiger partial charge >= 0.3 is 6.09 Å². The van der Waals surface area contributed by atoms with E-state index in [9.17, 15) is 9.59 Å². The number of hydrogen-bond donors (Lipinski definition) is 2. The van der Waals surface area contributed by atoms with E-state index in [1.54, 1.807) is 19.1 Å². The number of hydrogen-bond acceptors (Lipinski definition) is 4. The molecule has 0 aliphatic carbocycles.